The number of rotatable bonds is 4. The summed E-state index contributed by atoms with van der Waals surface area (Å²) >= 11 is 0. The number of aldehydes is 1. The second-order valence-electron chi connectivity index (χ2n) is 3.66. The van der Waals surface area contributed by atoms with Crippen LogP contribution >= 0.6 is 0 Å². The lowest BCUT2D eigenvalue weighted by molar-refractivity contribution is -0.385. The van der Waals surface area contributed by atoms with E-state index in [-0.39, 0.29) is 11.5 Å². The molecule has 0 aliphatic carbocycles. The largest absolute Gasteiger partial charge is 0.450 e. The van der Waals surface area contributed by atoms with E-state index in [0.717, 1.165) is 12.1 Å². The molecule has 0 amide bonds. The zero-order valence-electron chi connectivity index (χ0n) is 9.58. The first-order valence-electron chi connectivity index (χ1n) is 5.27. The van der Waals surface area contributed by atoms with E-state index in [1.165, 1.54) is 12.1 Å². The van der Waals surface area contributed by atoms with Gasteiger partial charge in [0.15, 0.2) is 0 Å². The minimum atomic E-state index is -0.734. The third-order valence-electron chi connectivity index (χ3n) is 2.34. The van der Waals surface area contributed by atoms with E-state index in [2.05, 4.69) is 0 Å². The summed E-state index contributed by atoms with van der Waals surface area (Å²) in [5, 5.41) is 10.8. The summed E-state index contributed by atoms with van der Waals surface area (Å²) in [4.78, 5) is 20.7. The van der Waals surface area contributed by atoms with Gasteiger partial charge in [-0.05, 0) is 24.3 Å². The number of ether oxygens (including phenoxy) is 1. The molecular weight excluding hydrogens is 253 g/mol. The van der Waals surface area contributed by atoms with Crippen LogP contribution in [-0.2, 0) is 0 Å². The molecule has 96 valence electrons. The second-order valence-corrected chi connectivity index (χ2v) is 3.66. The van der Waals surface area contributed by atoms with Gasteiger partial charge >= 0.3 is 5.69 Å². The van der Waals surface area contributed by atoms with Crippen LogP contribution in [0.15, 0.2) is 42.5 Å². The van der Waals surface area contributed by atoms with E-state index in [1.807, 2.05) is 0 Å². The number of carbonyl (C=O) groups is 1. The van der Waals surface area contributed by atoms with Crippen molar-refractivity contribution in [3.63, 3.8) is 0 Å². The summed E-state index contributed by atoms with van der Waals surface area (Å²) in [5.74, 6) is -0.547. The number of halogens is 1. The van der Waals surface area contributed by atoms with Crippen molar-refractivity contribution < 1.29 is 18.8 Å². The van der Waals surface area contributed by atoms with Crippen LogP contribution in [0.25, 0.3) is 0 Å². The van der Waals surface area contributed by atoms with Gasteiger partial charge in [0.1, 0.15) is 17.9 Å². The minimum absolute atomic E-state index is 0.0885. The number of hydrogen-bond donors (Lipinski definition) is 0. The van der Waals surface area contributed by atoms with Crippen molar-refractivity contribution in [2.75, 3.05) is 0 Å². The maximum absolute atomic E-state index is 13.0. The van der Waals surface area contributed by atoms with Crippen molar-refractivity contribution in [2.45, 2.75) is 0 Å². The average molecular weight is 261 g/mol. The number of benzene rings is 2. The lowest BCUT2D eigenvalue weighted by Gasteiger charge is -2.06. The fourth-order valence-corrected chi connectivity index (χ4v) is 1.50. The Morgan fingerprint density at radius 2 is 2.00 bits per heavy atom. The van der Waals surface area contributed by atoms with Crippen LogP contribution in [0.4, 0.5) is 10.1 Å². The van der Waals surface area contributed by atoms with Crippen molar-refractivity contribution in [3.8, 4) is 11.5 Å². The van der Waals surface area contributed by atoms with Crippen LogP contribution in [0.5, 0.6) is 11.5 Å². The molecular formula is C13H8FNO4. The molecule has 2 aromatic carbocycles. The third kappa shape index (κ3) is 2.92. The van der Waals surface area contributed by atoms with E-state index < -0.39 is 16.4 Å². The summed E-state index contributed by atoms with van der Waals surface area (Å²) in [6.07, 6.45) is 0.631. The van der Waals surface area contributed by atoms with Crippen LogP contribution in [0.1, 0.15) is 10.4 Å². The molecule has 0 unspecified atom stereocenters. The Balaban J connectivity index is 2.37. The highest BCUT2D eigenvalue weighted by molar-refractivity contribution is 5.75. The molecule has 0 heterocycles. The van der Waals surface area contributed by atoms with Crippen LogP contribution in [0.3, 0.4) is 0 Å². The predicted octanol–water partition coefficient (Wildman–Crippen LogP) is 3.34. The van der Waals surface area contributed by atoms with E-state index in [9.17, 15) is 19.3 Å². The molecule has 2 aromatic rings. The molecule has 0 spiro atoms. The average Bonchev–Trinajstić information content (AvgIpc) is 2.41. The molecule has 0 fully saturated rings. The van der Waals surface area contributed by atoms with Gasteiger partial charge in [0.25, 0.3) is 0 Å². The van der Waals surface area contributed by atoms with Gasteiger partial charge in [0.05, 0.1) is 11.0 Å². The molecule has 5 nitrogen and oxygen atoms in total. The molecule has 0 aromatic heterocycles. The topological polar surface area (TPSA) is 69.4 Å². The number of nitro groups is 1. The highest BCUT2D eigenvalue weighted by atomic mass is 19.1. The van der Waals surface area contributed by atoms with Gasteiger partial charge < -0.3 is 4.74 Å². The summed E-state index contributed by atoms with van der Waals surface area (Å²) in [5.41, 5.74) is -0.0984. The maximum atomic E-state index is 13.0. The standard InChI is InChI=1S/C13H8FNO4/c14-10-4-5-13(12(7-10)15(17)18)19-11-3-1-2-9(6-11)8-16/h1-8H. The Bertz CT molecular complexity index is 642. The molecule has 6 heteroatoms. The van der Waals surface area contributed by atoms with E-state index in [1.54, 1.807) is 18.2 Å². The van der Waals surface area contributed by atoms with Gasteiger partial charge in [-0.3, -0.25) is 14.9 Å². The molecule has 19 heavy (non-hydrogen) atoms. The van der Waals surface area contributed by atoms with Gasteiger partial charge in [-0.25, -0.2) is 4.39 Å². The first-order chi connectivity index (χ1) is 9.10. The van der Waals surface area contributed by atoms with Gasteiger partial charge in [-0.15, -0.1) is 0 Å². The van der Waals surface area contributed by atoms with E-state index in [4.69, 9.17) is 4.74 Å². The lowest BCUT2D eigenvalue weighted by atomic mass is 10.2. The smallest absolute Gasteiger partial charge is 0.314 e. The molecule has 2 rings (SSSR count). The van der Waals surface area contributed by atoms with Crippen molar-refractivity contribution in [1.29, 1.82) is 0 Å². The van der Waals surface area contributed by atoms with Crippen molar-refractivity contribution in [3.05, 3.63) is 64.0 Å². The summed E-state index contributed by atoms with van der Waals surface area (Å²) < 4.78 is 18.3. The normalized spacial score (nSPS) is 9.95. The first kappa shape index (κ1) is 12.7. The van der Waals surface area contributed by atoms with Gasteiger partial charge in [0, 0.05) is 5.56 Å². The molecule has 0 aliphatic rings. The Morgan fingerprint density at radius 1 is 1.21 bits per heavy atom. The van der Waals surface area contributed by atoms with Crippen LogP contribution < -0.4 is 4.74 Å². The summed E-state index contributed by atoms with van der Waals surface area (Å²) in [6.45, 7) is 0. The number of carbonyl (C=O) groups excluding carboxylic acids is 1. The van der Waals surface area contributed by atoms with Crippen LogP contribution in [0.2, 0.25) is 0 Å². The van der Waals surface area contributed by atoms with Gasteiger partial charge in [-0.2, -0.15) is 0 Å². The maximum Gasteiger partial charge on any atom is 0.314 e. The summed E-state index contributed by atoms with van der Waals surface area (Å²) in [7, 11) is 0. The van der Waals surface area contributed by atoms with Crippen molar-refractivity contribution >= 4 is 12.0 Å². The fourth-order valence-electron chi connectivity index (χ4n) is 1.50. The molecule has 0 saturated carbocycles. The Kier molecular flexibility index (Phi) is 3.51. The molecule has 0 radical (unpaired) electrons. The predicted molar refractivity (Wildman–Crippen MR) is 65.0 cm³/mol. The third-order valence-corrected chi connectivity index (χ3v) is 2.34. The highest BCUT2D eigenvalue weighted by Crippen LogP contribution is 2.31. The van der Waals surface area contributed by atoms with Crippen LogP contribution in [-0.4, -0.2) is 11.2 Å². The van der Waals surface area contributed by atoms with Gasteiger partial charge in [0.2, 0.25) is 5.75 Å². The fraction of sp³-hybridized carbons (Fsp3) is 0. The minimum Gasteiger partial charge on any atom is -0.450 e. The SMILES string of the molecule is O=Cc1cccc(Oc2ccc(F)cc2[N+](=O)[O-])c1. The molecule has 0 atom stereocenters. The highest BCUT2D eigenvalue weighted by Gasteiger charge is 2.17. The number of nitro benzene ring substituents is 1. The molecule has 0 aliphatic heterocycles. The van der Waals surface area contributed by atoms with Gasteiger partial charge in [-0.1, -0.05) is 12.1 Å². The summed E-state index contributed by atoms with van der Waals surface area (Å²) in [6, 6.07) is 9.12. The Hall–Kier alpha value is -2.76. The second kappa shape index (κ2) is 5.26. The number of hydrogen-bond acceptors (Lipinski definition) is 4. The zero-order valence-corrected chi connectivity index (χ0v) is 9.58. The number of nitrogens with zero attached hydrogens (tertiary/aromatic N) is 1. The molecule has 0 saturated heterocycles. The van der Waals surface area contributed by atoms with Crippen molar-refractivity contribution in [1.82, 2.24) is 0 Å². The zero-order chi connectivity index (χ0) is 13.8. The van der Waals surface area contributed by atoms with E-state index >= 15 is 0 Å². The Morgan fingerprint density at radius 3 is 2.68 bits per heavy atom. The first-order valence-corrected chi connectivity index (χ1v) is 5.27. The monoisotopic (exact) mass is 261 g/mol. The lowest BCUT2D eigenvalue weighted by Crippen LogP contribution is -1.94. The quantitative estimate of drug-likeness (QED) is 0.480. The molecule has 0 bridgehead atoms. The van der Waals surface area contributed by atoms with E-state index in [0.29, 0.717) is 11.8 Å². The Labute approximate surface area is 107 Å². The van der Waals surface area contributed by atoms with Crippen LogP contribution in [0, 0.1) is 15.9 Å². The van der Waals surface area contributed by atoms with Crippen molar-refractivity contribution in [2.24, 2.45) is 0 Å². The molecule has 0 N–H and O–H groups in total.